The summed E-state index contributed by atoms with van der Waals surface area (Å²) in [5, 5.41) is 0. The molecule has 24 heavy (non-hydrogen) atoms. The minimum absolute atomic E-state index is 0. The molecule has 0 saturated carbocycles. The van der Waals surface area contributed by atoms with Crippen LogP contribution in [-0.2, 0) is 20.1 Å². The Labute approximate surface area is 165 Å². The molecular formula is C20H20Cl2HfSi. The first kappa shape index (κ1) is 19.9. The average molecular weight is 538 g/mol. The van der Waals surface area contributed by atoms with Crippen molar-refractivity contribution in [3.05, 3.63) is 84.0 Å². The molecule has 4 rings (SSSR count). The Morgan fingerprint density at radius 1 is 0.750 bits per heavy atom. The smallest absolute Gasteiger partial charge is 1.00 e. The summed E-state index contributed by atoms with van der Waals surface area (Å²) in [7, 11) is 0. The van der Waals surface area contributed by atoms with Crippen LogP contribution in [0.4, 0.5) is 0 Å². The van der Waals surface area contributed by atoms with Crippen LogP contribution >= 0.6 is 0 Å². The van der Waals surface area contributed by atoms with Gasteiger partial charge in [-0.3, -0.25) is 0 Å². The third kappa shape index (κ3) is 3.31. The maximum atomic E-state index is 2.57. The summed E-state index contributed by atoms with van der Waals surface area (Å²) in [5.41, 5.74) is 6.05. The molecule has 0 unspecified atom stereocenters. The Hall–Kier alpha value is -0.413. The topological polar surface area (TPSA) is 0 Å². The van der Waals surface area contributed by atoms with Crippen LogP contribution in [0, 0.1) is 0 Å². The molecule has 0 atom stereocenters. The van der Waals surface area contributed by atoms with Crippen LogP contribution in [0.1, 0.15) is 14.8 Å². The molecule has 0 fully saturated rings. The minimum atomic E-state index is -1.85. The molecule has 0 bridgehead atoms. The Morgan fingerprint density at radius 2 is 1.21 bits per heavy atom. The van der Waals surface area contributed by atoms with Gasteiger partial charge in [0.2, 0.25) is 0 Å². The van der Waals surface area contributed by atoms with E-state index >= 15 is 0 Å². The third-order valence-electron chi connectivity index (χ3n) is 4.83. The molecule has 0 N–H and O–H groups in total. The zero-order valence-corrected chi connectivity index (χ0v) is 19.9. The molecule has 0 heterocycles. The van der Waals surface area contributed by atoms with Gasteiger partial charge in [-0.2, -0.15) is 0 Å². The van der Waals surface area contributed by atoms with E-state index in [1.54, 1.807) is 11.1 Å². The van der Waals surface area contributed by atoms with Crippen molar-refractivity contribution in [1.82, 2.24) is 0 Å². The Morgan fingerprint density at radius 3 is 1.67 bits per heavy atom. The fourth-order valence-electron chi connectivity index (χ4n) is 3.94. The standard InChI is InChI=1S/C13H9.C5H5.C2H6Si.2ClH.Hf/c1-3-7-12-10(5-1)9-11-6-2-4-8-13(11)12;1-2-4-5-3-1;1-3-2;;;/h1-9H;1-5H;1-2H3;2*1H;/q;;;;;+2/p-2. The van der Waals surface area contributed by atoms with E-state index in [9.17, 15) is 0 Å². The SMILES string of the molecule is C[Si](C)=[Hf+2]([CH]1C=CC=C1)[CH]1c2ccccc2-c2ccccc21.[Cl-].[Cl-]. The summed E-state index contributed by atoms with van der Waals surface area (Å²) in [6.07, 6.45) is 9.52. The van der Waals surface area contributed by atoms with Crippen LogP contribution in [0.2, 0.25) is 16.8 Å². The fourth-order valence-corrected chi connectivity index (χ4v) is 30.6. The zero-order valence-electron chi connectivity index (χ0n) is 13.8. The number of halogens is 2. The molecule has 0 amide bonds. The summed E-state index contributed by atoms with van der Waals surface area (Å²) in [4.78, 5) is 0. The molecule has 0 aromatic heterocycles. The van der Waals surface area contributed by atoms with E-state index in [1.165, 1.54) is 11.1 Å². The first-order chi connectivity index (χ1) is 10.8. The van der Waals surface area contributed by atoms with Crippen molar-refractivity contribution in [2.75, 3.05) is 0 Å². The number of allylic oxidation sites excluding steroid dienone is 4. The van der Waals surface area contributed by atoms with Crippen molar-refractivity contribution in [2.45, 2.75) is 20.4 Å². The van der Waals surface area contributed by atoms with Crippen molar-refractivity contribution in [1.29, 1.82) is 0 Å². The van der Waals surface area contributed by atoms with Crippen molar-refractivity contribution in [3.63, 3.8) is 0 Å². The van der Waals surface area contributed by atoms with Gasteiger partial charge in [0.25, 0.3) is 0 Å². The number of fused-ring (bicyclic) bond motifs is 3. The maximum absolute atomic E-state index is 2.57. The van der Waals surface area contributed by atoms with Gasteiger partial charge in [0.15, 0.2) is 0 Å². The minimum Gasteiger partial charge on any atom is -1.00 e. The summed E-state index contributed by atoms with van der Waals surface area (Å²) in [6, 6.07) is 18.3. The van der Waals surface area contributed by atoms with E-state index in [1.807, 2.05) is 0 Å². The van der Waals surface area contributed by atoms with Crippen LogP contribution < -0.4 is 24.8 Å². The summed E-state index contributed by atoms with van der Waals surface area (Å²) in [5.74, 6) is 0. The molecule has 2 aromatic rings. The number of hydrogen-bond acceptors (Lipinski definition) is 0. The second kappa shape index (κ2) is 8.31. The van der Waals surface area contributed by atoms with E-state index in [2.05, 4.69) is 85.9 Å². The van der Waals surface area contributed by atoms with Gasteiger partial charge in [-0.1, -0.05) is 0 Å². The summed E-state index contributed by atoms with van der Waals surface area (Å²) < 4.78 is 1.57. The van der Waals surface area contributed by atoms with Gasteiger partial charge in [-0.15, -0.1) is 0 Å². The first-order valence-corrected chi connectivity index (χ1v) is 20.0. The van der Waals surface area contributed by atoms with Crippen LogP contribution in [0.25, 0.3) is 11.1 Å². The second-order valence-electron chi connectivity index (χ2n) is 6.36. The molecule has 122 valence electrons. The molecule has 4 heteroatoms. The molecule has 2 aliphatic rings. The van der Waals surface area contributed by atoms with E-state index in [4.69, 9.17) is 0 Å². The maximum Gasteiger partial charge on any atom is -1.00 e. The predicted octanol–water partition coefficient (Wildman–Crippen LogP) is -0.452. The van der Waals surface area contributed by atoms with E-state index in [-0.39, 0.29) is 30.3 Å². The van der Waals surface area contributed by atoms with Gasteiger partial charge < -0.3 is 24.8 Å². The predicted molar refractivity (Wildman–Crippen MR) is 93.2 cm³/mol. The van der Waals surface area contributed by atoms with Gasteiger partial charge in [-0.25, -0.2) is 0 Å². The van der Waals surface area contributed by atoms with Crippen LogP contribution in [-0.4, -0.2) is 5.49 Å². The Kier molecular flexibility index (Phi) is 6.89. The van der Waals surface area contributed by atoms with Gasteiger partial charge in [0.05, 0.1) is 0 Å². The normalized spacial score (nSPS) is 14.2. The monoisotopic (exact) mass is 538 g/mol. The molecular weight excluding hydrogens is 518 g/mol. The van der Waals surface area contributed by atoms with Crippen molar-refractivity contribution < 1.29 is 44.9 Å². The molecule has 2 aliphatic carbocycles. The van der Waals surface area contributed by atoms with Gasteiger partial charge >= 0.3 is 141 Å². The third-order valence-corrected chi connectivity index (χ3v) is 32.0. The quantitative estimate of drug-likeness (QED) is 0.456. The van der Waals surface area contributed by atoms with Crippen LogP contribution in [0.5, 0.6) is 0 Å². The number of rotatable bonds is 2. The molecule has 2 aromatic carbocycles. The average Bonchev–Trinajstić information content (AvgIpc) is 3.16. The zero-order chi connectivity index (χ0) is 15.1. The van der Waals surface area contributed by atoms with E-state index < -0.39 is 20.1 Å². The second-order valence-corrected chi connectivity index (χ2v) is 31.6. The van der Waals surface area contributed by atoms with E-state index in [0.717, 1.165) is 7.35 Å². The van der Waals surface area contributed by atoms with Crippen molar-refractivity contribution >= 4 is 5.49 Å². The first-order valence-electron chi connectivity index (χ1n) is 7.98. The molecule has 0 spiro atoms. The fraction of sp³-hybridized carbons (Fsp3) is 0.200. The largest absolute Gasteiger partial charge is 1.00 e. The Bertz CT molecular complexity index is 778. The van der Waals surface area contributed by atoms with Gasteiger partial charge in [0, 0.05) is 0 Å². The van der Waals surface area contributed by atoms with Gasteiger partial charge in [-0.05, 0) is 0 Å². The molecule has 0 aliphatic heterocycles. The number of hydrogen-bond donors (Lipinski definition) is 0. The van der Waals surface area contributed by atoms with Crippen LogP contribution in [0.15, 0.2) is 72.8 Å². The van der Waals surface area contributed by atoms with Gasteiger partial charge in [0.1, 0.15) is 0 Å². The van der Waals surface area contributed by atoms with Crippen LogP contribution in [0.3, 0.4) is 0 Å². The molecule has 0 nitrogen and oxygen atoms in total. The summed E-state index contributed by atoms with van der Waals surface area (Å²) >= 11 is -1.85. The number of benzene rings is 2. The molecule has 0 radical (unpaired) electrons. The summed E-state index contributed by atoms with van der Waals surface area (Å²) in [6.45, 7) is 5.13. The Balaban J connectivity index is 0.00000104. The van der Waals surface area contributed by atoms with Crippen molar-refractivity contribution in [2.24, 2.45) is 0 Å². The van der Waals surface area contributed by atoms with Crippen molar-refractivity contribution in [3.8, 4) is 11.1 Å². The van der Waals surface area contributed by atoms with E-state index in [0.29, 0.717) is 0 Å². The molecule has 0 saturated heterocycles.